The predicted octanol–water partition coefficient (Wildman–Crippen LogP) is -1.48. The number of rotatable bonds is 3. The van der Waals surface area contributed by atoms with E-state index in [1.54, 1.807) is 6.08 Å². The molecule has 70 valence electrons. The average molecular weight is 281 g/mol. The van der Waals surface area contributed by atoms with E-state index < -0.39 is 5.97 Å². The van der Waals surface area contributed by atoms with Crippen molar-refractivity contribution in [3.8, 4) is 0 Å². The van der Waals surface area contributed by atoms with Gasteiger partial charge in [-0.1, -0.05) is 0 Å². The molecule has 0 unspecified atom stereocenters. The molecular weight excluding hydrogens is 267 g/mol. The number of hydrogen-bond donors (Lipinski definition) is 1. The van der Waals surface area contributed by atoms with E-state index in [0.717, 1.165) is 12.3 Å². The zero-order valence-electron chi connectivity index (χ0n) is 7.00. The fourth-order valence-electron chi connectivity index (χ4n) is 1.30. The first kappa shape index (κ1) is 10.0. The van der Waals surface area contributed by atoms with Crippen LogP contribution in [0, 0.1) is 5.92 Å². The van der Waals surface area contributed by atoms with Gasteiger partial charge in [0.2, 0.25) is 0 Å². The van der Waals surface area contributed by atoms with Gasteiger partial charge in [-0.05, 0) is 0 Å². The van der Waals surface area contributed by atoms with Crippen molar-refractivity contribution in [1.82, 2.24) is 0 Å². The summed E-state index contributed by atoms with van der Waals surface area (Å²) in [7, 11) is 0. The van der Waals surface area contributed by atoms with Gasteiger partial charge in [-0.15, -0.1) is 0 Å². The summed E-state index contributed by atoms with van der Waals surface area (Å²) in [6.07, 6.45) is 6.70. The zero-order chi connectivity index (χ0) is 8.81. The molecule has 0 bridgehead atoms. The third-order valence-corrected chi connectivity index (χ3v) is 4.80. The third-order valence-electron chi connectivity index (χ3n) is 2.03. The van der Waals surface area contributed by atoms with Crippen LogP contribution < -0.4 is 21.2 Å². The minimum atomic E-state index is -0.821. The van der Waals surface area contributed by atoms with Gasteiger partial charge in [0.05, 0.1) is 0 Å². The third kappa shape index (κ3) is 4.09. The monoisotopic (exact) mass is 281 g/mol. The van der Waals surface area contributed by atoms with Crippen LogP contribution in [0.1, 0.15) is 19.3 Å². The number of aliphatic carboxylic acids is 1. The van der Waals surface area contributed by atoms with E-state index in [9.17, 15) is 4.79 Å². The Morgan fingerprint density at radius 1 is 1.50 bits per heavy atom. The molecule has 0 aliphatic carbocycles. The first-order valence-corrected chi connectivity index (χ1v) is 7.27. The average Bonchev–Trinajstić information content (AvgIpc) is 2.05. The van der Waals surface area contributed by atoms with E-state index >= 15 is 0 Å². The number of carboxylic acids is 1. The second-order valence-corrected chi connectivity index (χ2v) is 6.22. The zero-order valence-corrected chi connectivity index (χ0v) is 9.16. The molecule has 1 aliphatic heterocycles. The summed E-state index contributed by atoms with van der Waals surface area (Å²) in [5.74, 6) is -0.0488. The summed E-state index contributed by atoms with van der Waals surface area (Å²) in [4.78, 5) is 10.2. The first-order chi connectivity index (χ1) is 5.79. The van der Waals surface area contributed by atoms with Crippen LogP contribution >= 0.6 is 0 Å². The van der Waals surface area contributed by atoms with E-state index in [0.29, 0.717) is 21.2 Å². The number of carbonyl (C=O) groups is 1. The van der Waals surface area contributed by atoms with Gasteiger partial charge in [0.25, 0.3) is 0 Å². The summed E-state index contributed by atoms with van der Waals surface area (Å²) < 4.78 is 2.87. The van der Waals surface area contributed by atoms with Crippen molar-refractivity contribution in [2.75, 3.05) is 8.86 Å². The number of hydrogen-bond acceptors (Lipinski definition) is 1. The van der Waals surface area contributed by atoms with Gasteiger partial charge in [-0.2, -0.15) is 0 Å². The molecule has 1 saturated heterocycles. The van der Waals surface area contributed by atoms with Crippen LogP contribution in [0.2, 0.25) is 0 Å². The molecule has 0 aromatic heterocycles. The summed E-state index contributed by atoms with van der Waals surface area (Å²) in [6, 6.07) is 0. The van der Waals surface area contributed by atoms with Crippen molar-refractivity contribution in [2.24, 2.45) is 5.92 Å². The first-order valence-electron chi connectivity index (χ1n) is 4.22. The Kier molecular flexibility index (Phi) is 4.65. The van der Waals surface area contributed by atoms with Gasteiger partial charge in [-0.25, -0.2) is 0 Å². The fraction of sp³-hybridized carbons (Fsp3) is 0.667. The van der Waals surface area contributed by atoms with Crippen LogP contribution in [-0.4, -0.2) is 19.9 Å². The van der Waals surface area contributed by atoms with Crippen molar-refractivity contribution >= 4 is 5.97 Å². The van der Waals surface area contributed by atoms with Crippen LogP contribution in [0.5, 0.6) is 0 Å². The van der Waals surface area contributed by atoms with Crippen LogP contribution in [0.3, 0.4) is 0 Å². The molecule has 3 heteroatoms. The van der Waals surface area contributed by atoms with Crippen molar-refractivity contribution in [3.63, 3.8) is 0 Å². The maximum absolute atomic E-state index is 10.2. The quantitative estimate of drug-likeness (QED) is 0.389. The van der Waals surface area contributed by atoms with Crippen molar-refractivity contribution < 1.29 is 31.1 Å². The second-order valence-electron chi connectivity index (χ2n) is 2.99. The molecule has 0 aromatic carbocycles. The van der Waals surface area contributed by atoms with E-state index in [-0.39, 0.29) is 0 Å². The summed E-state index contributed by atoms with van der Waals surface area (Å²) in [6.45, 7) is 0. The van der Waals surface area contributed by atoms with Gasteiger partial charge in [0.15, 0.2) is 0 Å². The molecule has 12 heavy (non-hydrogen) atoms. The number of allylic oxidation sites excluding steroid dienone is 1. The van der Waals surface area contributed by atoms with E-state index in [4.69, 9.17) is 5.11 Å². The molecule has 1 N–H and O–H groups in total. The van der Waals surface area contributed by atoms with Crippen LogP contribution in [0.4, 0.5) is 0 Å². The Bertz CT molecular complexity index is 171. The Morgan fingerprint density at radius 3 is 2.75 bits per heavy atom. The van der Waals surface area contributed by atoms with E-state index in [1.807, 2.05) is 0 Å². The molecule has 0 spiro atoms. The van der Waals surface area contributed by atoms with Crippen molar-refractivity contribution in [3.05, 3.63) is 12.2 Å². The summed E-state index contributed by atoms with van der Waals surface area (Å²) >= 11 is 0.518. The number of alkyl halides is 2. The molecule has 0 atom stereocenters. The van der Waals surface area contributed by atoms with E-state index in [2.05, 4.69) is 0 Å². The molecule has 2 nitrogen and oxygen atoms in total. The van der Waals surface area contributed by atoms with Gasteiger partial charge < -0.3 is 0 Å². The number of carboxylic acid groups (broad SMARTS) is 1. The van der Waals surface area contributed by atoms with Gasteiger partial charge in [-0.3, -0.25) is 0 Å². The normalized spacial score (nSPS) is 20.7. The Hall–Kier alpha value is -0.0600. The van der Waals surface area contributed by atoms with Gasteiger partial charge in [0, 0.05) is 0 Å². The topological polar surface area (TPSA) is 37.3 Å². The Morgan fingerprint density at radius 2 is 2.17 bits per heavy atom. The minimum absolute atomic E-state index is 0.518. The van der Waals surface area contributed by atoms with Crippen LogP contribution in [-0.2, 0) is 4.79 Å². The molecule has 0 amide bonds. The fourth-order valence-corrected chi connectivity index (χ4v) is 4.48. The molecule has 1 fully saturated rings. The predicted molar refractivity (Wildman–Crippen MR) is 43.9 cm³/mol. The Balaban J connectivity index is 2.17. The maximum atomic E-state index is 10.2. The molecule has 0 saturated carbocycles. The summed E-state index contributed by atoms with van der Waals surface area (Å²) in [5.41, 5.74) is 0. The molecule has 1 aliphatic rings. The van der Waals surface area contributed by atoms with Gasteiger partial charge >= 0.3 is 83.3 Å². The SMILES string of the molecule is O=C(O)/C=C/CC1CC[I-]CC1. The van der Waals surface area contributed by atoms with Crippen molar-refractivity contribution in [2.45, 2.75) is 19.3 Å². The number of halogens is 1. The molecule has 0 radical (unpaired) electrons. The van der Waals surface area contributed by atoms with Crippen molar-refractivity contribution in [1.29, 1.82) is 0 Å². The standard InChI is InChI=1S/C9H14IO2/c11-9(12)3-1-2-8-4-6-10-7-5-8/h1,3,8H,2,4-7H2,(H,11,12)/q-1/b3-1+. The van der Waals surface area contributed by atoms with E-state index in [1.165, 1.54) is 27.8 Å². The summed E-state index contributed by atoms with van der Waals surface area (Å²) in [5, 5.41) is 8.36. The van der Waals surface area contributed by atoms with Gasteiger partial charge in [0.1, 0.15) is 0 Å². The Labute approximate surface area is 83.3 Å². The molecular formula is C9H14IO2-. The molecule has 0 aromatic rings. The second kappa shape index (κ2) is 5.56. The van der Waals surface area contributed by atoms with Crippen LogP contribution in [0.25, 0.3) is 0 Å². The molecule has 1 rings (SSSR count). The van der Waals surface area contributed by atoms with Crippen LogP contribution in [0.15, 0.2) is 12.2 Å². The molecule has 1 heterocycles.